The maximum absolute atomic E-state index is 12.6. The molecule has 0 fully saturated rings. The normalized spacial score (nSPS) is 14.2. The fourth-order valence-corrected chi connectivity index (χ4v) is 10.2. The quantitative estimate of drug-likeness (QED) is 0.0900. The van der Waals surface area contributed by atoms with Gasteiger partial charge in [0.1, 0.15) is 34.5 Å². The second-order valence-corrected chi connectivity index (χ2v) is 27.4. The van der Waals surface area contributed by atoms with Crippen molar-refractivity contribution >= 4 is 0 Å². The lowest BCUT2D eigenvalue weighted by atomic mass is 9.78. The Labute approximate surface area is 431 Å². The van der Waals surface area contributed by atoms with Gasteiger partial charge in [-0.1, -0.05) is 197 Å². The van der Waals surface area contributed by atoms with E-state index >= 15 is 0 Å². The Morgan fingerprint density at radius 2 is 0.431 bits per heavy atom. The standard InChI is InChI=1S/C66H84O6/c1-61(2,3)48-26-38-21-37-19-20-54(66(16,17)18)53(60(37)72)36-47-35-52(65(13,14)15)34-46(59(47)71)25-45-33-51(64(10,11)12)32-44(58(45)70)24-43-31-50(63(7,8)9)30-42(57(43)69)23-41-29-49(62(4,5)6)28-40(56(41)68)22-39(27-48)55(38)67/h19-20,26-35,67-72H,21-25,36H2,1-18H3. The van der Waals surface area contributed by atoms with E-state index in [0.29, 0.717) is 66.8 Å². The molecule has 6 aromatic carbocycles. The highest BCUT2D eigenvalue weighted by Crippen LogP contribution is 2.45. The van der Waals surface area contributed by atoms with Crippen LogP contribution in [0.15, 0.2) is 72.8 Å². The Morgan fingerprint density at radius 3 is 0.625 bits per heavy atom. The number of phenolic OH excluding ortho intramolecular Hbond substituents is 6. The molecule has 0 saturated carbocycles. The van der Waals surface area contributed by atoms with Gasteiger partial charge >= 0.3 is 0 Å². The number of hydrogen-bond donors (Lipinski definition) is 6. The van der Waals surface area contributed by atoms with Crippen LogP contribution in [0.1, 0.15) is 225 Å². The molecule has 0 saturated heterocycles. The third kappa shape index (κ3) is 11.2. The molecule has 0 aliphatic heterocycles. The summed E-state index contributed by atoms with van der Waals surface area (Å²) in [4.78, 5) is 0. The summed E-state index contributed by atoms with van der Waals surface area (Å²) >= 11 is 0. The van der Waals surface area contributed by atoms with E-state index in [-0.39, 0.29) is 106 Å². The minimum atomic E-state index is -0.366. The summed E-state index contributed by atoms with van der Waals surface area (Å²) in [6, 6.07) is 24.5. The zero-order chi connectivity index (χ0) is 53.6. The molecule has 6 N–H and O–H groups in total. The van der Waals surface area contributed by atoms with Crippen molar-refractivity contribution in [2.75, 3.05) is 0 Å². The smallest absolute Gasteiger partial charge is 0.122 e. The predicted molar refractivity (Wildman–Crippen MR) is 298 cm³/mol. The van der Waals surface area contributed by atoms with Gasteiger partial charge in [0.25, 0.3) is 0 Å². The Hall–Kier alpha value is -5.88. The maximum Gasteiger partial charge on any atom is 0.122 e. The molecule has 6 nitrogen and oxygen atoms in total. The van der Waals surface area contributed by atoms with Crippen LogP contribution in [0.3, 0.4) is 0 Å². The fourth-order valence-electron chi connectivity index (χ4n) is 10.2. The highest BCUT2D eigenvalue weighted by atomic mass is 16.3. The molecular formula is C66H84O6. The number of hydrogen-bond acceptors (Lipinski definition) is 6. The Kier molecular flexibility index (Phi) is 13.9. The number of benzene rings is 6. The molecule has 0 amide bonds. The van der Waals surface area contributed by atoms with Crippen molar-refractivity contribution in [3.8, 4) is 34.5 Å². The van der Waals surface area contributed by atoms with E-state index in [4.69, 9.17) is 0 Å². The Morgan fingerprint density at radius 1 is 0.236 bits per heavy atom. The molecule has 6 heteroatoms. The summed E-state index contributed by atoms with van der Waals surface area (Å²) in [5, 5.41) is 75.0. The summed E-state index contributed by atoms with van der Waals surface area (Å²) in [6.07, 6.45) is 1.43. The van der Waals surface area contributed by atoms with E-state index < -0.39 is 0 Å². The molecule has 7 rings (SSSR count). The molecule has 6 aromatic rings. The molecule has 0 atom stereocenters. The monoisotopic (exact) mass is 973 g/mol. The van der Waals surface area contributed by atoms with Crippen LogP contribution in [0.4, 0.5) is 0 Å². The van der Waals surface area contributed by atoms with Crippen LogP contribution in [0.5, 0.6) is 34.5 Å². The van der Waals surface area contributed by atoms with Crippen molar-refractivity contribution in [2.24, 2.45) is 0 Å². The zero-order valence-corrected chi connectivity index (χ0v) is 46.9. The summed E-state index contributed by atoms with van der Waals surface area (Å²) in [7, 11) is 0. The number of fused-ring (bicyclic) bond motifs is 12. The van der Waals surface area contributed by atoms with Crippen LogP contribution in [-0.4, -0.2) is 30.6 Å². The van der Waals surface area contributed by atoms with Crippen molar-refractivity contribution in [3.05, 3.63) is 173 Å². The van der Waals surface area contributed by atoms with Crippen LogP contribution < -0.4 is 0 Å². The van der Waals surface area contributed by atoms with Gasteiger partial charge < -0.3 is 30.6 Å². The van der Waals surface area contributed by atoms with Crippen molar-refractivity contribution in [1.29, 1.82) is 0 Å². The minimum absolute atomic E-state index is 0.113. The molecule has 384 valence electrons. The fraction of sp³-hybridized carbons (Fsp3) is 0.455. The lowest BCUT2D eigenvalue weighted by Gasteiger charge is -2.28. The molecule has 0 unspecified atom stereocenters. The molecule has 0 radical (unpaired) electrons. The first-order valence-corrected chi connectivity index (χ1v) is 26.0. The predicted octanol–water partition coefficient (Wildman–Crippen LogP) is 15.6. The van der Waals surface area contributed by atoms with Crippen molar-refractivity contribution in [2.45, 2.75) is 196 Å². The van der Waals surface area contributed by atoms with E-state index in [9.17, 15) is 30.6 Å². The molecular weight excluding hydrogens is 889 g/mol. The van der Waals surface area contributed by atoms with Gasteiger partial charge in [-0.2, -0.15) is 0 Å². The average Bonchev–Trinajstić information content (AvgIpc) is 3.23. The third-order valence-electron chi connectivity index (χ3n) is 15.1. The molecule has 1 aliphatic rings. The van der Waals surface area contributed by atoms with Gasteiger partial charge in [0.05, 0.1) is 0 Å². The van der Waals surface area contributed by atoms with Crippen molar-refractivity contribution < 1.29 is 30.6 Å². The van der Waals surface area contributed by atoms with Crippen LogP contribution in [-0.2, 0) is 71.0 Å². The van der Waals surface area contributed by atoms with Crippen LogP contribution in [0.25, 0.3) is 0 Å². The molecule has 12 bridgehead atoms. The molecule has 72 heavy (non-hydrogen) atoms. The lowest BCUT2D eigenvalue weighted by Crippen LogP contribution is -2.17. The highest BCUT2D eigenvalue weighted by Gasteiger charge is 2.30. The van der Waals surface area contributed by atoms with Crippen molar-refractivity contribution in [1.82, 2.24) is 0 Å². The van der Waals surface area contributed by atoms with Gasteiger partial charge in [0.2, 0.25) is 0 Å². The van der Waals surface area contributed by atoms with Gasteiger partial charge in [-0.15, -0.1) is 0 Å². The second kappa shape index (κ2) is 18.6. The molecule has 1 aliphatic carbocycles. The number of phenols is 6. The van der Waals surface area contributed by atoms with Gasteiger partial charge in [-0.05, 0) is 127 Å². The topological polar surface area (TPSA) is 121 Å². The maximum atomic E-state index is 12.6. The molecule has 0 heterocycles. The summed E-state index contributed by atoms with van der Waals surface area (Å²) in [6.45, 7) is 38.7. The Bertz CT molecular complexity index is 3070. The zero-order valence-electron chi connectivity index (χ0n) is 46.9. The number of rotatable bonds is 0. The van der Waals surface area contributed by atoms with E-state index in [1.54, 1.807) is 0 Å². The van der Waals surface area contributed by atoms with E-state index in [1.807, 2.05) is 54.6 Å². The van der Waals surface area contributed by atoms with E-state index in [0.717, 1.165) is 33.4 Å². The summed E-state index contributed by atoms with van der Waals surface area (Å²) < 4.78 is 0. The van der Waals surface area contributed by atoms with Crippen LogP contribution in [0, 0.1) is 0 Å². The SMILES string of the molecule is CC(C)(C)c1cc2c(O)c(c1)Cc1cc(C(C)(C)C)cc(c1O)Cc1cc(C(C)(C)C)cc(c1O)Cc1c(C(C)(C)C)ccc(c1O)Cc1cc(C(C)(C)C)cc(c1O)Cc1cc(C(C)(C)C)cc(c1O)C2. The average molecular weight is 973 g/mol. The minimum Gasteiger partial charge on any atom is -0.507 e. The third-order valence-corrected chi connectivity index (χ3v) is 15.1. The van der Waals surface area contributed by atoms with Gasteiger partial charge in [-0.25, -0.2) is 0 Å². The lowest BCUT2D eigenvalue weighted by molar-refractivity contribution is 0.447. The van der Waals surface area contributed by atoms with Gasteiger partial charge in [0.15, 0.2) is 0 Å². The first-order valence-electron chi connectivity index (χ1n) is 26.0. The largest absolute Gasteiger partial charge is 0.507 e. The first-order chi connectivity index (χ1) is 32.9. The van der Waals surface area contributed by atoms with Crippen LogP contribution in [0.2, 0.25) is 0 Å². The molecule has 0 spiro atoms. The van der Waals surface area contributed by atoms with Crippen molar-refractivity contribution in [3.63, 3.8) is 0 Å². The van der Waals surface area contributed by atoms with E-state index in [1.165, 1.54) is 0 Å². The number of aromatic hydroxyl groups is 6. The molecule has 0 aromatic heterocycles. The van der Waals surface area contributed by atoms with E-state index in [2.05, 4.69) is 143 Å². The van der Waals surface area contributed by atoms with Crippen LogP contribution >= 0.6 is 0 Å². The first kappa shape index (κ1) is 53.9. The van der Waals surface area contributed by atoms with Gasteiger partial charge in [-0.3, -0.25) is 0 Å². The highest BCUT2D eigenvalue weighted by molar-refractivity contribution is 5.61. The second-order valence-electron chi connectivity index (χ2n) is 27.4. The summed E-state index contributed by atoms with van der Waals surface area (Å²) in [5.41, 5.74) is 12.2. The Balaban J connectivity index is 1.58. The summed E-state index contributed by atoms with van der Waals surface area (Å²) in [5.74, 6) is 0.698. The van der Waals surface area contributed by atoms with Gasteiger partial charge in [0, 0.05) is 44.1 Å².